The number of hydrogen-bond donors (Lipinski definition) is 2. The van der Waals surface area contributed by atoms with Crippen LogP contribution in [-0.4, -0.2) is 67.1 Å². The molecule has 8 heteroatoms. The van der Waals surface area contributed by atoms with Crippen molar-refractivity contribution in [2.24, 2.45) is 0 Å². The summed E-state index contributed by atoms with van der Waals surface area (Å²) in [6, 6.07) is 12.5. The van der Waals surface area contributed by atoms with E-state index in [1.54, 1.807) is 17.0 Å². The SMILES string of the molecule is O=C(NC1CCCN(S(=O)(=O)c2ccc3ccccc3c2)C1)N1CCC(O)CC1. The molecule has 0 aromatic heterocycles. The van der Waals surface area contributed by atoms with Crippen molar-refractivity contribution in [3.05, 3.63) is 42.5 Å². The van der Waals surface area contributed by atoms with Gasteiger partial charge >= 0.3 is 6.03 Å². The lowest BCUT2D eigenvalue weighted by atomic mass is 10.1. The molecule has 2 N–H and O–H groups in total. The fraction of sp³-hybridized carbons (Fsp3) is 0.476. The van der Waals surface area contributed by atoms with E-state index in [0.717, 1.165) is 17.2 Å². The van der Waals surface area contributed by atoms with Crippen molar-refractivity contribution in [2.45, 2.75) is 42.7 Å². The number of aliphatic hydroxyl groups is 1. The molecule has 2 fully saturated rings. The van der Waals surface area contributed by atoms with Gasteiger partial charge in [-0.15, -0.1) is 0 Å². The van der Waals surface area contributed by atoms with Gasteiger partial charge in [0.25, 0.3) is 0 Å². The zero-order chi connectivity index (χ0) is 20.4. The van der Waals surface area contributed by atoms with E-state index in [1.165, 1.54) is 4.31 Å². The van der Waals surface area contributed by atoms with Crippen LogP contribution in [0, 0.1) is 0 Å². The summed E-state index contributed by atoms with van der Waals surface area (Å²) in [6.07, 6.45) is 2.29. The van der Waals surface area contributed by atoms with E-state index in [-0.39, 0.29) is 29.6 Å². The molecule has 1 unspecified atom stereocenters. The maximum atomic E-state index is 13.2. The molecule has 4 rings (SSSR count). The molecule has 2 saturated heterocycles. The van der Waals surface area contributed by atoms with Crippen LogP contribution in [0.5, 0.6) is 0 Å². The van der Waals surface area contributed by atoms with Crippen molar-refractivity contribution < 1.29 is 18.3 Å². The smallest absolute Gasteiger partial charge is 0.317 e. The number of carbonyl (C=O) groups excluding carboxylic acids is 1. The molecule has 7 nitrogen and oxygen atoms in total. The number of amides is 2. The fourth-order valence-electron chi connectivity index (χ4n) is 4.09. The normalized spacial score (nSPS) is 22.0. The van der Waals surface area contributed by atoms with Crippen molar-refractivity contribution in [3.8, 4) is 0 Å². The van der Waals surface area contributed by atoms with Crippen LogP contribution in [0.3, 0.4) is 0 Å². The van der Waals surface area contributed by atoms with Gasteiger partial charge in [-0.25, -0.2) is 13.2 Å². The number of likely N-dealkylation sites (tertiary alicyclic amines) is 1. The lowest BCUT2D eigenvalue weighted by Gasteiger charge is -2.35. The van der Waals surface area contributed by atoms with Crippen LogP contribution in [0.2, 0.25) is 0 Å². The third-order valence-corrected chi connectivity index (χ3v) is 7.68. The first kappa shape index (κ1) is 20.1. The maximum Gasteiger partial charge on any atom is 0.317 e. The van der Waals surface area contributed by atoms with Crippen molar-refractivity contribution in [2.75, 3.05) is 26.2 Å². The predicted octanol–water partition coefficient (Wildman–Crippen LogP) is 2.16. The van der Waals surface area contributed by atoms with Crippen LogP contribution in [0.4, 0.5) is 4.79 Å². The number of benzene rings is 2. The van der Waals surface area contributed by atoms with Crippen molar-refractivity contribution in [3.63, 3.8) is 0 Å². The Morgan fingerprint density at radius 3 is 2.48 bits per heavy atom. The second-order valence-corrected chi connectivity index (χ2v) is 9.82. The number of carbonyl (C=O) groups is 1. The summed E-state index contributed by atoms with van der Waals surface area (Å²) in [4.78, 5) is 14.5. The van der Waals surface area contributed by atoms with E-state index in [2.05, 4.69) is 5.32 Å². The topological polar surface area (TPSA) is 90.0 Å². The molecule has 0 saturated carbocycles. The van der Waals surface area contributed by atoms with Gasteiger partial charge in [0.1, 0.15) is 0 Å². The Kier molecular flexibility index (Phi) is 5.76. The molecule has 156 valence electrons. The predicted molar refractivity (Wildman–Crippen MR) is 111 cm³/mol. The van der Waals surface area contributed by atoms with E-state index in [1.807, 2.05) is 30.3 Å². The summed E-state index contributed by atoms with van der Waals surface area (Å²) in [5, 5.41) is 14.5. The Hall–Kier alpha value is -2.16. The van der Waals surface area contributed by atoms with Gasteiger partial charge in [-0.2, -0.15) is 4.31 Å². The first-order valence-electron chi connectivity index (χ1n) is 10.2. The van der Waals surface area contributed by atoms with Crippen LogP contribution in [0.1, 0.15) is 25.7 Å². The van der Waals surface area contributed by atoms with Crippen molar-refractivity contribution in [1.82, 2.24) is 14.5 Å². The number of nitrogens with one attached hydrogen (secondary N) is 1. The summed E-state index contributed by atoms with van der Waals surface area (Å²) in [6.45, 7) is 1.78. The quantitative estimate of drug-likeness (QED) is 0.801. The van der Waals surface area contributed by atoms with Crippen LogP contribution in [0.25, 0.3) is 10.8 Å². The zero-order valence-corrected chi connectivity index (χ0v) is 17.1. The number of sulfonamides is 1. The molecule has 2 aliphatic heterocycles. The van der Waals surface area contributed by atoms with Crippen LogP contribution >= 0.6 is 0 Å². The molecule has 2 amide bonds. The number of rotatable bonds is 3. The van der Waals surface area contributed by atoms with Gasteiger partial charge in [0.2, 0.25) is 10.0 Å². The third-order valence-electron chi connectivity index (χ3n) is 5.82. The van der Waals surface area contributed by atoms with Gasteiger partial charge in [-0.05, 0) is 48.6 Å². The summed E-state index contributed by atoms with van der Waals surface area (Å²) in [5.41, 5.74) is 0. The summed E-state index contributed by atoms with van der Waals surface area (Å²) in [5.74, 6) is 0. The molecule has 0 radical (unpaired) electrons. The highest BCUT2D eigenvalue weighted by Gasteiger charge is 2.32. The minimum absolute atomic E-state index is 0.174. The molecular weight excluding hydrogens is 390 g/mol. The molecule has 2 heterocycles. The monoisotopic (exact) mass is 417 g/mol. The highest BCUT2D eigenvalue weighted by molar-refractivity contribution is 7.89. The number of piperidine rings is 2. The number of aliphatic hydroxyl groups excluding tert-OH is 1. The molecule has 0 bridgehead atoms. The molecule has 0 aliphatic carbocycles. The lowest BCUT2D eigenvalue weighted by molar-refractivity contribution is 0.0920. The minimum Gasteiger partial charge on any atom is -0.393 e. The Morgan fingerprint density at radius 1 is 1.00 bits per heavy atom. The number of urea groups is 1. The van der Waals surface area contributed by atoms with E-state index in [4.69, 9.17) is 0 Å². The van der Waals surface area contributed by atoms with Gasteiger partial charge in [-0.3, -0.25) is 0 Å². The standard InChI is InChI=1S/C21H27N3O4S/c25-19-9-12-23(13-10-19)21(26)22-18-6-3-11-24(15-18)29(27,28)20-8-7-16-4-1-2-5-17(16)14-20/h1-2,4-5,7-8,14,18-19,25H,3,6,9-13,15H2,(H,22,26). The van der Waals surface area contributed by atoms with E-state index in [9.17, 15) is 18.3 Å². The Balaban J connectivity index is 1.44. The highest BCUT2D eigenvalue weighted by atomic mass is 32.2. The molecular formula is C21H27N3O4S. The van der Waals surface area contributed by atoms with Gasteiger partial charge < -0.3 is 15.3 Å². The second kappa shape index (κ2) is 8.30. The largest absolute Gasteiger partial charge is 0.393 e. The molecule has 0 spiro atoms. The van der Waals surface area contributed by atoms with Crippen LogP contribution in [0.15, 0.2) is 47.4 Å². The van der Waals surface area contributed by atoms with E-state index >= 15 is 0 Å². The fourth-order valence-corrected chi connectivity index (χ4v) is 5.65. The average Bonchev–Trinajstić information content (AvgIpc) is 2.74. The van der Waals surface area contributed by atoms with E-state index < -0.39 is 10.0 Å². The lowest BCUT2D eigenvalue weighted by Crippen LogP contribution is -2.54. The summed E-state index contributed by atoms with van der Waals surface area (Å²) in [7, 11) is -3.62. The first-order valence-corrected chi connectivity index (χ1v) is 11.6. The molecule has 2 aliphatic rings. The van der Waals surface area contributed by atoms with Gasteiger partial charge in [0, 0.05) is 32.2 Å². The Labute approximate surface area is 171 Å². The van der Waals surface area contributed by atoms with Gasteiger partial charge in [0.05, 0.1) is 11.0 Å². The van der Waals surface area contributed by atoms with Crippen LogP contribution < -0.4 is 5.32 Å². The molecule has 1 atom stereocenters. The second-order valence-electron chi connectivity index (χ2n) is 7.88. The van der Waals surface area contributed by atoms with Gasteiger partial charge in [-0.1, -0.05) is 30.3 Å². The van der Waals surface area contributed by atoms with Crippen molar-refractivity contribution >= 4 is 26.8 Å². The number of nitrogens with zero attached hydrogens (tertiary/aromatic N) is 2. The zero-order valence-electron chi connectivity index (χ0n) is 16.3. The highest BCUT2D eigenvalue weighted by Crippen LogP contribution is 2.24. The van der Waals surface area contributed by atoms with Crippen molar-refractivity contribution in [1.29, 1.82) is 0 Å². The third kappa shape index (κ3) is 4.39. The molecule has 2 aromatic rings. The average molecular weight is 418 g/mol. The summed E-state index contributed by atoms with van der Waals surface area (Å²) < 4.78 is 27.8. The minimum atomic E-state index is -3.62. The van der Waals surface area contributed by atoms with Gasteiger partial charge in [0.15, 0.2) is 0 Å². The number of fused-ring (bicyclic) bond motifs is 1. The maximum absolute atomic E-state index is 13.2. The molecule has 2 aromatic carbocycles. The van der Waals surface area contributed by atoms with Crippen LogP contribution in [-0.2, 0) is 10.0 Å². The Morgan fingerprint density at radius 2 is 1.72 bits per heavy atom. The molecule has 29 heavy (non-hydrogen) atoms. The van der Waals surface area contributed by atoms with E-state index in [0.29, 0.717) is 38.9 Å². The number of hydrogen-bond acceptors (Lipinski definition) is 4. The Bertz CT molecular complexity index is 986. The summed E-state index contributed by atoms with van der Waals surface area (Å²) >= 11 is 0. The first-order chi connectivity index (χ1) is 13.9.